The third-order valence-electron chi connectivity index (χ3n) is 2.03. The van der Waals surface area contributed by atoms with Crippen molar-refractivity contribution in [1.29, 1.82) is 0 Å². The first-order chi connectivity index (χ1) is 6.61. The number of alkyl halides is 1. The molecule has 14 heavy (non-hydrogen) atoms. The Morgan fingerprint density at radius 1 is 1.43 bits per heavy atom. The van der Waals surface area contributed by atoms with E-state index in [0.717, 1.165) is 5.56 Å². The zero-order valence-corrected chi connectivity index (χ0v) is 8.53. The molecule has 0 aliphatic rings. The Kier molecular flexibility index (Phi) is 3.77. The van der Waals surface area contributed by atoms with Crippen molar-refractivity contribution in [3.63, 3.8) is 0 Å². The topological polar surface area (TPSA) is 49.3 Å². The molecule has 0 saturated heterocycles. The molecule has 1 amide bonds. The van der Waals surface area contributed by atoms with Gasteiger partial charge in [0, 0.05) is 5.92 Å². The minimum Gasteiger partial charge on any atom is -0.465 e. The number of nitrogens with one attached hydrogen (secondary N) is 1. The Balaban J connectivity index is 2.65. The molecule has 2 unspecified atom stereocenters. The predicted molar refractivity (Wildman–Crippen MR) is 55.7 cm³/mol. The molecule has 76 valence electrons. The lowest BCUT2D eigenvalue weighted by atomic mass is 10.0. The van der Waals surface area contributed by atoms with Gasteiger partial charge < -0.3 is 10.4 Å². The average Bonchev–Trinajstić information content (AvgIpc) is 2.17. The highest BCUT2D eigenvalue weighted by Gasteiger charge is 2.17. The highest BCUT2D eigenvalue weighted by Crippen LogP contribution is 2.20. The van der Waals surface area contributed by atoms with E-state index in [1.165, 1.54) is 0 Å². The summed E-state index contributed by atoms with van der Waals surface area (Å²) in [6, 6.07) is 9.55. The number of hydrogen-bond acceptors (Lipinski definition) is 1. The van der Waals surface area contributed by atoms with Crippen molar-refractivity contribution in [2.24, 2.45) is 0 Å². The van der Waals surface area contributed by atoms with E-state index in [4.69, 9.17) is 16.7 Å². The van der Waals surface area contributed by atoms with Crippen LogP contribution in [-0.4, -0.2) is 16.7 Å². The summed E-state index contributed by atoms with van der Waals surface area (Å²) >= 11 is 5.87. The van der Waals surface area contributed by atoms with Gasteiger partial charge in [-0.25, -0.2) is 4.79 Å². The first-order valence-corrected chi connectivity index (χ1v) is 4.73. The van der Waals surface area contributed by atoms with Gasteiger partial charge >= 0.3 is 6.09 Å². The van der Waals surface area contributed by atoms with E-state index in [2.05, 4.69) is 5.32 Å². The highest BCUT2D eigenvalue weighted by atomic mass is 35.5. The molecule has 0 radical (unpaired) electrons. The Bertz CT molecular complexity index is 302. The standard InChI is InChI=1S/C10H12ClNO2/c1-7(9(11)12-10(13)14)8-5-3-2-4-6-8/h2-7,9,12H,1H3,(H,13,14). The maximum Gasteiger partial charge on any atom is 0.405 e. The molecular formula is C10H12ClNO2. The van der Waals surface area contributed by atoms with Crippen LogP contribution in [0.15, 0.2) is 30.3 Å². The fourth-order valence-electron chi connectivity index (χ4n) is 1.17. The van der Waals surface area contributed by atoms with E-state index in [9.17, 15) is 4.79 Å². The molecular weight excluding hydrogens is 202 g/mol. The van der Waals surface area contributed by atoms with E-state index >= 15 is 0 Å². The number of amides is 1. The third kappa shape index (κ3) is 2.92. The van der Waals surface area contributed by atoms with E-state index < -0.39 is 11.6 Å². The van der Waals surface area contributed by atoms with Crippen molar-refractivity contribution < 1.29 is 9.90 Å². The normalized spacial score (nSPS) is 14.4. The van der Waals surface area contributed by atoms with Gasteiger partial charge in [0.1, 0.15) is 5.50 Å². The summed E-state index contributed by atoms with van der Waals surface area (Å²) in [5.41, 5.74) is 0.413. The number of hydrogen-bond donors (Lipinski definition) is 2. The second kappa shape index (κ2) is 4.86. The van der Waals surface area contributed by atoms with Crippen molar-refractivity contribution in [1.82, 2.24) is 5.32 Å². The summed E-state index contributed by atoms with van der Waals surface area (Å²) in [6.07, 6.45) is -1.10. The van der Waals surface area contributed by atoms with Crippen LogP contribution in [0, 0.1) is 0 Å². The first kappa shape index (κ1) is 10.9. The van der Waals surface area contributed by atoms with Crippen LogP contribution in [0.2, 0.25) is 0 Å². The van der Waals surface area contributed by atoms with Gasteiger partial charge in [0.2, 0.25) is 0 Å². The van der Waals surface area contributed by atoms with Crippen molar-refractivity contribution in [3.05, 3.63) is 35.9 Å². The highest BCUT2D eigenvalue weighted by molar-refractivity contribution is 6.21. The smallest absolute Gasteiger partial charge is 0.405 e. The van der Waals surface area contributed by atoms with Crippen LogP contribution in [0.4, 0.5) is 4.79 Å². The van der Waals surface area contributed by atoms with E-state index in [-0.39, 0.29) is 5.92 Å². The zero-order valence-electron chi connectivity index (χ0n) is 7.77. The van der Waals surface area contributed by atoms with Gasteiger partial charge in [0.15, 0.2) is 0 Å². The lowest BCUT2D eigenvalue weighted by molar-refractivity contribution is 0.192. The summed E-state index contributed by atoms with van der Waals surface area (Å²) in [6.45, 7) is 1.88. The van der Waals surface area contributed by atoms with Crippen molar-refractivity contribution >= 4 is 17.7 Å². The number of rotatable bonds is 3. The molecule has 2 N–H and O–H groups in total. The molecule has 1 rings (SSSR count). The number of halogens is 1. The molecule has 2 atom stereocenters. The number of carboxylic acid groups (broad SMARTS) is 1. The number of benzene rings is 1. The molecule has 0 saturated carbocycles. The van der Waals surface area contributed by atoms with Crippen molar-refractivity contribution in [2.75, 3.05) is 0 Å². The van der Waals surface area contributed by atoms with Gasteiger partial charge in [-0.05, 0) is 5.56 Å². The number of carbonyl (C=O) groups is 1. The average molecular weight is 214 g/mol. The SMILES string of the molecule is CC(c1ccccc1)C(Cl)NC(=O)O. The molecule has 0 aliphatic carbocycles. The monoisotopic (exact) mass is 213 g/mol. The second-order valence-corrected chi connectivity index (χ2v) is 3.52. The predicted octanol–water partition coefficient (Wildman–Crippen LogP) is 2.62. The van der Waals surface area contributed by atoms with Crippen LogP contribution < -0.4 is 5.32 Å². The van der Waals surface area contributed by atoms with Gasteiger partial charge in [0.25, 0.3) is 0 Å². The summed E-state index contributed by atoms with van der Waals surface area (Å²) in [5.74, 6) is -0.0473. The van der Waals surface area contributed by atoms with Crippen LogP contribution in [0.25, 0.3) is 0 Å². The van der Waals surface area contributed by atoms with Gasteiger partial charge in [0.05, 0.1) is 0 Å². The Morgan fingerprint density at radius 3 is 2.50 bits per heavy atom. The first-order valence-electron chi connectivity index (χ1n) is 4.29. The van der Waals surface area contributed by atoms with E-state index in [1.807, 2.05) is 37.3 Å². The second-order valence-electron chi connectivity index (χ2n) is 3.05. The summed E-state index contributed by atoms with van der Waals surface area (Å²) < 4.78 is 0. The molecule has 0 spiro atoms. The van der Waals surface area contributed by atoms with Crippen LogP contribution in [0.1, 0.15) is 18.4 Å². The molecule has 0 heterocycles. The van der Waals surface area contributed by atoms with Crippen LogP contribution in [0.5, 0.6) is 0 Å². The molecule has 0 aromatic heterocycles. The van der Waals surface area contributed by atoms with E-state index in [0.29, 0.717) is 0 Å². The van der Waals surface area contributed by atoms with Gasteiger partial charge in [-0.2, -0.15) is 0 Å². The van der Waals surface area contributed by atoms with Gasteiger partial charge in [-0.15, -0.1) is 0 Å². The minimum absolute atomic E-state index is 0.0473. The summed E-state index contributed by atoms with van der Waals surface area (Å²) in [7, 11) is 0. The third-order valence-corrected chi connectivity index (χ3v) is 2.51. The Hall–Kier alpha value is -1.22. The fraction of sp³-hybridized carbons (Fsp3) is 0.300. The van der Waals surface area contributed by atoms with Crippen molar-refractivity contribution in [2.45, 2.75) is 18.3 Å². The molecule has 1 aromatic rings. The molecule has 0 fully saturated rings. The van der Waals surface area contributed by atoms with Crippen molar-refractivity contribution in [3.8, 4) is 0 Å². The quantitative estimate of drug-likeness (QED) is 0.599. The van der Waals surface area contributed by atoms with Crippen LogP contribution >= 0.6 is 11.6 Å². The van der Waals surface area contributed by atoms with Crippen LogP contribution in [-0.2, 0) is 0 Å². The lowest BCUT2D eigenvalue weighted by Gasteiger charge is -2.17. The minimum atomic E-state index is -1.10. The molecule has 4 heteroatoms. The maximum absolute atomic E-state index is 10.3. The van der Waals surface area contributed by atoms with E-state index in [1.54, 1.807) is 0 Å². The Morgan fingerprint density at radius 2 is 2.00 bits per heavy atom. The molecule has 0 aliphatic heterocycles. The Labute approximate surface area is 87.7 Å². The summed E-state index contributed by atoms with van der Waals surface area (Å²) in [5, 5.41) is 10.7. The largest absolute Gasteiger partial charge is 0.465 e. The van der Waals surface area contributed by atoms with Gasteiger partial charge in [-0.1, -0.05) is 48.9 Å². The molecule has 1 aromatic carbocycles. The maximum atomic E-state index is 10.3. The molecule has 0 bridgehead atoms. The molecule has 3 nitrogen and oxygen atoms in total. The van der Waals surface area contributed by atoms with Gasteiger partial charge in [-0.3, -0.25) is 0 Å². The fourth-order valence-corrected chi connectivity index (χ4v) is 1.41. The van der Waals surface area contributed by atoms with Crippen LogP contribution in [0.3, 0.4) is 0 Å². The summed E-state index contributed by atoms with van der Waals surface area (Å²) in [4.78, 5) is 10.3. The lowest BCUT2D eigenvalue weighted by Crippen LogP contribution is -2.33. The zero-order chi connectivity index (χ0) is 10.6.